The maximum absolute atomic E-state index is 13.0. The molecule has 0 radical (unpaired) electrons. The first-order chi connectivity index (χ1) is 15.1. The monoisotopic (exact) mass is 485 g/mol. The highest BCUT2D eigenvalue weighted by atomic mass is 79.9. The molecule has 0 saturated carbocycles. The summed E-state index contributed by atoms with van der Waals surface area (Å²) in [5.74, 6) is -1.41. The van der Waals surface area contributed by atoms with Gasteiger partial charge in [-0.05, 0) is 36.2 Å². The number of rotatable bonds is 6. The minimum absolute atomic E-state index is 0.116. The van der Waals surface area contributed by atoms with Crippen LogP contribution >= 0.6 is 15.9 Å². The van der Waals surface area contributed by atoms with Gasteiger partial charge in [0.1, 0.15) is 5.76 Å². The van der Waals surface area contributed by atoms with Crippen molar-refractivity contribution in [2.45, 2.75) is 12.5 Å². The average Bonchev–Trinajstić information content (AvgIpc) is 3.05. The number of halogens is 1. The number of hydrogen-bond donors (Lipinski definition) is 1. The third-order valence-corrected chi connectivity index (χ3v) is 6.19. The maximum atomic E-state index is 13.0. The van der Waals surface area contributed by atoms with Crippen molar-refractivity contribution in [1.82, 2.24) is 14.8 Å². The Morgan fingerprint density at radius 1 is 1.06 bits per heavy atom. The van der Waals surface area contributed by atoms with Crippen LogP contribution in [0, 0.1) is 0 Å². The van der Waals surface area contributed by atoms with E-state index in [9.17, 15) is 14.7 Å². The topological polar surface area (TPSA) is 83.0 Å². The van der Waals surface area contributed by atoms with E-state index in [1.807, 2.05) is 24.3 Å². The Balaban J connectivity index is 1.65. The first kappa shape index (κ1) is 21.7. The number of morpholine rings is 1. The molecule has 1 N–H and O–H groups in total. The highest BCUT2D eigenvalue weighted by Crippen LogP contribution is 2.39. The molecule has 3 heterocycles. The van der Waals surface area contributed by atoms with Gasteiger partial charge in [-0.3, -0.25) is 19.5 Å². The van der Waals surface area contributed by atoms with Gasteiger partial charge in [0.05, 0.1) is 24.8 Å². The van der Waals surface area contributed by atoms with Crippen molar-refractivity contribution in [2.24, 2.45) is 0 Å². The van der Waals surface area contributed by atoms with Gasteiger partial charge in [0.2, 0.25) is 0 Å². The van der Waals surface area contributed by atoms with E-state index in [0.717, 1.165) is 49.3 Å². The number of carbonyl (C=O) groups excluding carboxylic acids is 2. The lowest BCUT2D eigenvalue weighted by Gasteiger charge is -2.29. The maximum Gasteiger partial charge on any atom is 0.295 e. The Morgan fingerprint density at radius 2 is 1.74 bits per heavy atom. The molecule has 31 heavy (non-hydrogen) atoms. The molecule has 1 aromatic carbocycles. The first-order valence-electron chi connectivity index (χ1n) is 10.3. The number of aromatic nitrogens is 1. The van der Waals surface area contributed by atoms with Gasteiger partial charge < -0.3 is 14.7 Å². The van der Waals surface area contributed by atoms with Gasteiger partial charge in [0.15, 0.2) is 0 Å². The van der Waals surface area contributed by atoms with E-state index >= 15 is 0 Å². The Labute approximate surface area is 189 Å². The molecule has 0 bridgehead atoms. The second-order valence-corrected chi connectivity index (χ2v) is 8.50. The van der Waals surface area contributed by atoms with Crippen molar-refractivity contribution in [2.75, 3.05) is 39.4 Å². The number of ether oxygens (including phenoxy) is 1. The van der Waals surface area contributed by atoms with Crippen molar-refractivity contribution >= 4 is 33.4 Å². The largest absolute Gasteiger partial charge is 0.507 e. The third kappa shape index (κ3) is 4.71. The molecule has 2 aliphatic heterocycles. The zero-order valence-corrected chi connectivity index (χ0v) is 18.6. The number of nitrogens with zero attached hydrogens (tertiary/aromatic N) is 3. The Bertz CT molecular complexity index is 972. The fraction of sp³-hybridized carbons (Fsp3) is 0.348. The van der Waals surface area contributed by atoms with E-state index in [0.29, 0.717) is 12.1 Å². The second kappa shape index (κ2) is 9.72. The molecular formula is C23H24BrN3O4. The van der Waals surface area contributed by atoms with Crippen molar-refractivity contribution < 1.29 is 19.4 Å². The van der Waals surface area contributed by atoms with Crippen LogP contribution in [0.25, 0.3) is 5.76 Å². The first-order valence-corrected chi connectivity index (χ1v) is 11.1. The van der Waals surface area contributed by atoms with E-state index in [-0.39, 0.29) is 11.3 Å². The van der Waals surface area contributed by atoms with E-state index in [1.54, 1.807) is 29.4 Å². The van der Waals surface area contributed by atoms with Crippen LogP contribution in [0.5, 0.6) is 0 Å². The summed E-state index contributed by atoms with van der Waals surface area (Å²) in [6.07, 6.45) is 3.82. The number of benzene rings is 1. The number of pyridine rings is 1. The molecule has 1 atom stereocenters. The SMILES string of the molecule is O=C1C(=O)N(CCCN2CCOCC2)[C@@H](c2ccc(Br)cc2)C1=C(O)c1ccncc1. The number of aliphatic hydroxyl groups is 1. The Hall–Kier alpha value is -2.55. The van der Waals surface area contributed by atoms with Gasteiger partial charge >= 0.3 is 0 Å². The van der Waals surface area contributed by atoms with Crippen molar-refractivity contribution in [1.29, 1.82) is 0 Å². The lowest BCUT2D eigenvalue weighted by Crippen LogP contribution is -2.38. The summed E-state index contributed by atoms with van der Waals surface area (Å²) in [5.41, 5.74) is 1.36. The van der Waals surface area contributed by atoms with Crippen LogP contribution in [-0.2, 0) is 14.3 Å². The molecule has 7 nitrogen and oxygen atoms in total. The molecule has 8 heteroatoms. The normalized spacial score (nSPS) is 21.6. The number of Topliss-reactive ketones (excluding diaryl/α,β-unsaturated/α-hetero) is 1. The molecule has 0 spiro atoms. The van der Waals surface area contributed by atoms with Crippen molar-refractivity contribution in [3.63, 3.8) is 0 Å². The van der Waals surface area contributed by atoms with Crippen LogP contribution < -0.4 is 0 Å². The smallest absolute Gasteiger partial charge is 0.295 e. The fourth-order valence-corrected chi connectivity index (χ4v) is 4.32. The summed E-state index contributed by atoms with van der Waals surface area (Å²) in [4.78, 5) is 33.8. The quantitative estimate of drug-likeness (QED) is 0.384. The Kier molecular flexibility index (Phi) is 6.80. The van der Waals surface area contributed by atoms with Gasteiger partial charge in [0, 0.05) is 48.6 Å². The zero-order chi connectivity index (χ0) is 21.8. The van der Waals surface area contributed by atoms with Crippen LogP contribution in [0.4, 0.5) is 0 Å². The van der Waals surface area contributed by atoms with Gasteiger partial charge in [-0.15, -0.1) is 0 Å². The fourth-order valence-electron chi connectivity index (χ4n) is 4.06. The Morgan fingerprint density at radius 3 is 2.42 bits per heavy atom. The van der Waals surface area contributed by atoms with Crippen LogP contribution in [0.3, 0.4) is 0 Å². The van der Waals surface area contributed by atoms with Crippen LogP contribution in [0.15, 0.2) is 58.8 Å². The summed E-state index contributed by atoms with van der Waals surface area (Å²) in [7, 11) is 0. The lowest BCUT2D eigenvalue weighted by atomic mass is 9.95. The van der Waals surface area contributed by atoms with Gasteiger partial charge in [-0.1, -0.05) is 28.1 Å². The van der Waals surface area contributed by atoms with Gasteiger partial charge in [0.25, 0.3) is 11.7 Å². The summed E-state index contributed by atoms with van der Waals surface area (Å²) < 4.78 is 6.28. The number of carbonyl (C=O) groups is 2. The molecule has 0 aliphatic carbocycles. The molecule has 2 saturated heterocycles. The van der Waals surface area contributed by atoms with E-state index in [2.05, 4.69) is 25.8 Å². The molecule has 162 valence electrons. The summed E-state index contributed by atoms with van der Waals surface area (Å²) in [5, 5.41) is 11.0. The minimum Gasteiger partial charge on any atom is -0.507 e. The predicted octanol–water partition coefficient (Wildman–Crippen LogP) is 2.99. The number of aliphatic hydroxyl groups excluding tert-OH is 1. The number of hydrogen-bond acceptors (Lipinski definition) is 6. The van der Waals surface area contributed by atoms with Crippen molar-refractivity contribution in [3.8, 4) is 0 Å². The molecule has 1 amide bonds. The molecule has 2 fully saturated rings. The minimum atomic E-state index is -0.659. The van der Waals surface area contributed by atoms with Crippen LogP contribution in [0.1, 0.15) is 23.6 Å². The zero-order valence-electron chi connectivity index (χ0n) is 17.0. The molecule has 2 aliphatic rings. The number of amides is 1. The summed E-state index contributed by atoms with van der Waals surface area (Å²) in [6, 6.07) is 10.1. The van der Waals surface area contributed by atoms with Crippen LogP contribution in [0.2, 0.25) is 0 Å². The number of ketones is 1. The highest BCUT2D eigenvalue weighted by molar-refractivity contribution is 9.10. The summed E-state index contributed by atoms with van der Waals surface area (Å²) in [6.45, 7) is 4.43. The van der Waals surface area contributed by atoms with E-state index in [1.165, 1.54) is 0 Å². The van der Waals surface area contributed by atoms with Gasteiger partial charge in [-0.25, -0.2) is 0 Å². The summed E-state index contributed by atoms with van der Waals surface area (Å²) >= 11 is 3.43. The van der Waals surface area contributed by atoms with E-state index < -0.39 is 17.7 Å². The molecule has 4 rings (SSSR count). The highest BCUT2D eigenvalue weighted by Gasteiger charge is 2.45. The second-order valence-electron chi connectivity index (χ2n) is 7.59. The lowest BCUT2D eigenvalue weighted by molar-refractivity contribution is -0.140. The van der Waals surface area contributed by atoms with Crippen molar-refractivity contribution in [3.05, 3.63) is 70.0 Å². The molecule has 1 aromatic heterocycles. The predicted molar refractivity (Wildman–Crippen MR) is 119 cm³/mol. The molecular weight excluding hydrogens is 462 g/mol. The van der Waals surface area contributed by atoms with E-state index in [4.69, 9.17) is 4.74 Å². The molecule has 2 aromatic rings. The molecule has 0 unspecified atom stereocenters. The third-order valence-electron chi connectivity index (χ3n) is 5.66. The standard InChI is InChI=1S/C23H24BrN3O4/c24-18-4-2-16(3-5-18)20-19(21(28)17-6-8-25-9-7-17)22(29)23(30)27(20)11-1-10-26-12-14-31-15-13-26/h2-9,20,28H,1,10-15H2/t20-/m0/s1. The van der Waals surface area contributed by atoms with Crippen LogP contribution in [-0.4, -0.2) is 71.0 Å². The average molecular weight is 486 g/mol. The van der Waals surface area contributed by atoms with Gasteiger partial charge in [-0.2, -0.15) is 0 Å². The number of likely N-dealkylation sites (tertiary alicyclic amines) is 1.